The van der Waals surface area contributed by atoms with Gasteiger partial charge >= 0.3 is 0 Å². The number of ether oxygens (including phenoxy) is 1. The number of rotatable bonds is 3. The van der Waals surface area contributed by atoms with Crippen molar-refractivity contribution in [3.63, 3.8) is 0 Å². The molecule has 0 amide bonds. The number of hydrogen-bond donors (Lipinski definition) is 1. The highest BCUT2D eigenvalue weighted by molar-refractivity contribution is 5.18. The first-order valence-corrected chi connectivity index (χ1v) is 5.91. The number of nitrogens with two attached hydrogens (primary N) is 1. The highest BCUT2D eigenvalue weighted by atomic mass is 19.1. The van der Waals surface area contributed by atoms with E-state index >= 15 is 0 Å². The molecule has 2 heterocycles. The molecule has 2 unspecified atom stereocenters. The van der Waals surface area contributed by atoms with Crippen molar-refractivity contribution in [1.29, 1.82) is 0 Å². The van der Waals surface area contributed by atoms with Gasteiger partial charge in [0.1, 0.15) is 5.82 Å². The normalized spacial score (nSPS) is 23.6. The second-order valence-corrected chi connectivity index (χ2v) is 4.23. The number of aromatic nitrogens is 1. The first kappa shape index (κ1) is 12.4. The van der Waals surface area contributed by atoms with Gasteiger partial charge in [0.2, 0.25) is 0 Å². The molecule has 5 heteroatoms. The zero-order valence-electron chi connectivity index (χ0n) is 9.97. The van der Waals surface area contributed by atoms with Gasteiger partial charge in [0.05, 0.1) is 24.9 Å². The van der Waals surface area contributed by atoms with E-state index in [9.17, 15) is 4.39 Å². The van der Waals surface area contributed by atoms with Gasteiger partial charge in [0.25, 0.3) is 0 Å². The van der Waals surface area contributed by atoms with Crippen LogP contribution in [0.5, 0.6) is 0 Å². The van der Waals surface area contributed by atoms with Crippen molar-refractivity contribution in [2.45, 2.75) is 19.1 Å². The van der Waals surface area contributed by atoms with E-state index < -0.39 is 6.04 Å². The van der Waals surface area contributed by atoms with Crippen molar-refractivity contribution >= 4 is 0 Å². The molecule has 2 rings (SSSR count). The maximum absolute atomic E-state index is 13.6. The van der Waals surface area contributed by atoms with Gasteiger partial charge in [-0.3, -0.25) is 9.88 Å². The van der Waals surface area contributed by atoms with Crippen molar-refractivity contribution in [2.24, 2.45) is 5.73 Å². The van der Waals surface area contributed by atoms with Crippen LogP contribution >= 0.6 is 0 Å². The third-order valence-electron chi connectivity index (χ3n) is 3.19. The van der Waals surface area contributed by atoms with Crippen LogP contribution in [0, 0.1) is 5.82 Å². The number of hydrogen-bond acceptors (Lipinski definition) is 4. The molecule has 2 N–H and O–H groups in total. The van der Waals surface area contributed by atoms with Crippen LogP contribution in [0.2, 0.25) is 0 Å². The van der Waals surface area contributed by atoms with Crippen LogP contribution < -0.4 is 5.73 Å². The zero-order valence-corrected chi connectivity index (χ0v) is 9.97. The molecule has 0 spiro atoms. The standard InChI is InChI=1S/C12H18FN3O/c1-2-16-5-6-17-11(8-16)12(14)9-3-4-15-7-10(9)13/h3-4,7,11-12H,2,5-6,8,14H2,1H3. The summed E-state index contributed by atoms with van der Waals surface area (Å²) in [5, 5.41) is 0. The summed E-state index contributed by atoms with van der Waals surface area (Å²) < 4.78 is 19.2. The number of halogens is 1. The van der Waals surface area contributed by atoms with Crippen molar-refractivity contribution in [2.75, 3.05) is 26.2 Å². The van der Waals surface area contributed by atoms with Gasteiger partial charge in [-0.15, -0.1) is 0 Å². The predicted octanol–water partition coefficient (Wildman–Crippen LogP) is 0.941. The second-order valence-electron chi connectivity index (χ2n) is 4.23. The molecule has 94 valence electrons. The fourth-order valence-electron chi connectivity index (χ4n) is 2.09. The highest BCUT2D eigenvalue weighted by Gasteiger charge is 2.27. The summed E-state index contributed by atoms with van der Waals surface area (Å²) in [6, 6.07) is 1.18. The highest BCUT2D eigenvalue weighted by Crippen LogP contribution is 2.21. The third kappa shape index (κ3) is 2.80. The summed E-state index contributed by atoms with van der Waals surface area (Å²) in [5.74, 6) is -0.364. The first-order valence-electron chi connectivity index (χ1n) is 5.91. The lowest BCUT2D eigenvalue weighted by molar-refractivity contribution is -0.0397. The van der Waals surface area contributed by atoms with E-state index in [1.165, 1.54) is 6.20 Å². The molecule has 0 bridgehead atoms. The van der Waals surface area contributed by atoms with Crippen LogP contribution in [-0.2, 0) is 4.74 Å². The van der Waals surface area contributed by atoms with Gasteiger partial charge in [-0.2, -0.15) is 0 Å². The van der Waals surface area contributed by atoms with E-state index in [1.807, 2.05) is 0 Å². The molecule has 1 fully saturated rings. The van der Waals surface area contributed by atoms with Crippen LogP contribution in [0.15, 0.2) is 18.5 Å². The van der Waals surface area contributed by atoms with Crippen molar-refractivity contribution in [1.82, 2.24) is 9.88 Å². The second kappa shape index (κ2) is 5.53. The van der Waals surface area contributed by atoms with E-state index in [1.54, 1.807) is 12.3 Å². The molecule has 1 aromatic heterocycles. The molecule has 0 aliphatic carbocycles. The minimum Gasteiger partial charge on any atom is -0.374 e. The summed E-state index contributed by atoms with van der Waals surface area (Å²) in [6.07, 6.45) is 2.59. The lowest BCUT2D eigenvalue weighted by Crippen LogP contribution is -2.47. The maximum atomic E-state index is 13.6. The minimum atomic E-state index is -0.438. The molecular weight excluding hydrogens is 221 g/mol. The van der Waals surface area contributed by atoms with Gasteiger partial charge < -0.3 is 10.5 Å². The summed E-state index contributed by atoms with van der Waals surface area (Å²) in [6.45, 7) is 5.38. The average molecular weight is 239 g/mol. The lowest BCUT2D eigenvalue weighted by atomic mass is 10.0. The van der Waals surface area contributed by atoms with Crippen LogP contribution in [-0.4, -0.2) is 42.2 Å². The topological polar surface area (TPSA) is 51.4 Å². The number of morpholine rings is 1. The minimum absolute atomic E-state index is 0.152. The van der Waals surface area contributed by atoms with Crippen molar-refractivity contribution < 1.29 is 9.13 Å². The molecule has 2 atom stereocenters. The molecule has 1 aromatic rings. The van der Waals surface area contributed by atoms with E-state index in [0.717, 1.165) is 19.6 Å². The SMILES string of the molecule is CCN1CCOC(C(N)c2ccncc2F)C1. The van der Waals surface area contributed by atoms with Gasteiger partial charge in [-0.25, -0.2) is 4.39 Å². The van der Waals surface area contributed by atoms with Gasteiger partial charge in [0.15, 0.2) is 0 Å². The molecule has 1 saturated heterocycles. The number of pyridine rings is 1. The summed E-state index contributed by atoms with van der Waals surface area (Å²) >= 11 is 0. The smallest absolute Gasteiger partial charge is 0.146 e. The van der Waals surface area contributed by atoms with Crippen molar-refractivity contribution in [3.8, 4) is 0 Å². The quantitative estimate of drug-likeness (QED) is 0.853. The van der Waals surface area contributed by atoms with Crippen LogP contribution in [0.4, 0.5) is 4.39 Å². The van der Waals surface area contributed by atoms with Crippen LogP contribution in [0.1, 0.15) is 18.5 Å². The molecule has 0 aromatic carbocycles. The van der Waals surface area contributed by atoms with E-state index in [-0.39, 0.29) is 11.9 Å². The van der Waals surface area contributed by atoms with E-state index in [4.69, 9.17) is 10.5 Å². The fraction of sp³-hybridized carbons (Fsp3) is 0.583. The largest absolute Gasteiger partial charge is 0.374 e. The number of likely N-dealkylation sites (N-methyl/N-ethyl adjacent to an activating group) is 1. The lowest BCUT2D eigenvalue weighted by Gasteiger charge is -2.35. The first-order chi connectivity index (χ1) is 8.22. The van der Waals surface area contributed by atoms with Gasteiger partial charge in [0, 0.05) is 24.8 Å². The Balaban J connectivity index is 2.09. The molecule has 4 nitrogen and oxygen atoms in total. The van der Waals surface area contributed by atoms with Gasteiger partial charge in [-0.05, 0) is 12.6 Å². The summed E-state index contributed by atoms with van der Waals surface area (Å²) in [5.41, 5.74) is 6.54. The molecule has 17 heavy (non-hydrogen) atoms. The van der Waals surface area contributed by atoms with E-state index in [0.29, 0.717) is 12.2 Å². The molecule has 0 saturated carbocycles. The fourth-order valence-corrected chi connectivity index (χ4v) is 2.09. The average Bonchev–Trinajstić information content (AvgIpc) is 2.38. The Bertz CT molecular complexity index is 375. The molecule has 1 aliphatic heterocycles. The zero-order chi connectivity index (χ0) is 12.3. The Morgan fingerprint density at radius 1 is 1.71 bits per heavy atom. The Morgan fingerprint density at radius 2 is 2.53 bits per heavy atom. The summed E-state index contributed by atoms with van der Waals surface area (Å²) in [4.78, 5) is 5.98. The monoisotopic (exact) mass is 239 g/mol. The van der Waals surface area contributed by atoms with Gasteiger partial charge in [-0.1, -0.05) is 6.92 Å². The Hall–Kier alpha value is -1.04. The summed E-state index contributed by atoms with van der Waals surface area (Å²) in [7, 11) is 0. The van der Waals surface area contributed by atoms with Crippen molar-refractivity contribution in [3.05, 3.63) is 29.8 Å². The van der Waals surface area contributed by atoms with E-state index in [2.05, 4.69) is 16.8 Å². The molecular formula is C12H18FN3O. The predicted molar refractivity (Wildman–Crippen MR) is 63.0 cm³/mol. The Morgan fingerprint density at radius 3 is 3.24 bits per heavy atom. The van der Waals surface area contributed by atoms with Crippen LogP contribution in [0.25, 0.3) is 0 Å². The Kier molecular flexibility index (Phi) is 4.04. The third-order valence-corrected chi connectivity index (χ3v) is 3.19. The Labute approximate surface area is 101 Å². The molecule has 0 radical (unpaired) electrons. The maximum Gasteiger partial charge on any atom is 0.146 e. The van der Waals surface area contributed by atoms with Crippen LogP contribution in [0.3, 0.4) is 0 Å². The number of nitrogens with zero attached hydrogens (tertiary/aromatic N) is 2. The molecule has 1 aliphatic rings.